The lowest BCUT2D eigenvalue weighted by Crippen LogP contribution is -2.13. The molecule has 6 nitrogen and oxygen atoms in total. The Morgan fingerprint density at radius 3 is 2.85 bits per heavy atom. The summed E-state index contributed by atoms with van der Waals surface area (Å²) in [5.74, 6) is -0.374. The highest BCUT2D eigenvalue weighted by Crippen LogP contribution is 2.40. The third kappa shape index (κ3) is 2.53. The number of halogens is 1. The highest BCUT2D eigenvalue weighted by Gasteiger charge is 2.27. The number of pyridine rings is 1. The quantitative estimate of drug-likeness (QED) is 0.484. The first kappa shape index (κ1) is 15.8. The fourth-order valence-electron chi connectivity index (χ4n) is 3.40. The Morgan fingerprint density at radius 2 is 2.04 bits per heavy atom. The number of H-pyrrole nitrogens is 1. The number of hydrogen-bond donors (Lipinski definition) is 2. The van der Waals surface area contributed by atoms with Gasteiger partial charge in [-0.15, -0.1) is 5.10 Å². The molecule has 8 heteroatoms. The Bertz CT molecular complexity index is 1290. The van der Waals surface area contributed by atoms with Crippen LogP contribution in [0.2, 0.25) is 0 Å². The van der Waals surface area contributed by atoms with E-state index in [-0.39, 0.29) is 23.1 Å². The number of carbonyl (C=O) groups excluding carboxylic acids is 1. The average Bonchev–Trinajstić information content (AvgIpc) is 3.02. The molecule has 2 aromatic carbocycles. The summed E-state index contributed by atoms with van der Waals surface area (Å²) in [6.45, 7) is 0. The van der Waals surface area contributed by atoms with Crippen molar-refractivity contribution in [1.29, 1.82) is 0 Å². The lowest BCUT2D eigenvalue weighted by Gasteiger charge is -2.13. The van der Waals surface area contributed by atoms with Crippen LogP contribution in [0, 0.1) is 10.7 Å². The van der Waals surface area contributed by atoms with Crippen molar-refractivity contribution in [3.05, 3.63) is 58.7 Å². The third-order valence-electron chi connectivity index (χ3n) is 4.49. The van der Waals surface area contributed by atoms with Crippen LogP contribution in [0.25, 0.3) is 33.6 Å². The SMILES string of the molecule is O=C1Cc2c(nc3ccccc3c2-c2n[nH]c(=S)o2)-c2cc(F)ccc2N1. The second-order valence-corrected chi connectivity index (χ2v) is 6.54. The maximum Gasteiger partial charge on any atom is 0.284 e. The number of benzene rings is 2. The Morgan fingerprint density at radius 1 is 1.19 bits per heavy atom. The Hall–Kier alpha value is -3.39. The van der Waals surface area contributed by atoms with Gasteiger partial charge in [-0.05, 0) is 36.5 Å². The second-order valence-electron chi connectivity index (χ2n) is 6.16. The van der Waals surface area contributed by atoms with Crippen LogP contribution in [0.5, 0.6) is 0 Å². The van der Waals surface area contributed by atoms with Crippen LogP contribution < -0.4 is 5.32 Å². The molecule has 1 aliphatic heterocycles. The highest BCUT2D eigenvalue weighted by molar-refractivity contribution is 7.71. The van der Waals surface area contributed by atoms with Gasteiger partial charge < -0.3 is 9.73 Å². The Kier molecular flexibility index (Phi) is 3.41. The zero-order valence-corrected chi connectivity index (χ0v) is 14.6. The fourth-order valence-corrected chi connectivity index (χ4v) is 3.53. The van der Waals surface area contributed by atoms with Crippen molar-refractivity contribution < 1.29 is 13.6 Å². The average molecular weight is 378 g/mol. The predicted octanol–water partition coefficient (Wildman–Crippen LogP) is 4.25. The van der Waals surface area contributed by atoms with E-state index in [4.69, 9.17) is 21.6 Å². The summed E-state index contributed by atoms with van der Waals surface area (Å²) in [6, 6.07) is 11.7. The van der Waals surface area contributed by atoms with E-state index in [0.717, 1.165) is 5.39 Å². The van der Waals surface area contributed by atoms with Crippen molar-refractivity contribution in [1.82, 2.24) is 15.2 Å². The Balaban J connectivity index is 1.96. The van der Waals surface area contributed by atoms with Gasteiger partial charge in [-0.2, -0.15) is 0 Å². The fraction of sp³-hybridized carbons (Fsp3) is 0.0526. The number of carbonyl (C=O) groups is 1. The second kappa shape index (κ2) is 5.82. The number of amides is 1. The number of para-hydroxylation sites is 1. The molecule has 0 aliphatic carbocycles. The summed E-state index contributed by atoms with van der Waals surface area (Å²) in [5, 5.41) is 10.3. The van der Waals surface area contributed by atoms with Crippen LogP contribution in [0.15, 0.2) is 46.9 Å². The van der Waals surface area contributed by atoms with Crippen molar-refractivity contribution in [2.45, 2.75) is 6.42 Å². The van der Waals surface area contributed by atoms with Crippen molar-refractivity contribution in [2.24, 2.45) is 0 Å². The molecule has 1 aliphatic rings. The topological polar surface area (TPSA) is 83.8 Å². The van der Waals surface area contributed by atoms with Crippen molar-refractivity contribution >= 4 is 34.7 Å². The molecule has 0 fully saturated rings. The molecule has 2 N–H and O–H groups in total. The van der Waals surface area contributed by atoms with Crippen LogP contribution >= 0.6 is 12.2 Å². The van der Waals surface area contributed by atoms with Crippen molar-refractivity contribution in [2.75, 3.05) is 5.32 Å². The van der Waals surface area contributed by atoms with Gasteiger partial charge in [0.1, 0.15) is 5.82 Å². The lowest BCUT2D eigenvalue weighted by atomic mass is 9.95. The van der Waals surface area contributed by atoms with Gasteiger partial charge in [0.05, 0.1) is 28.9 Å². The number of fused-ring (bicyclic) bond motifs is 4. The first-order chi connectivity index (χ1) is 13.1. The van der Waals surface area contributed by atoms with E-state index in [1.165, 1.54) is 18.2 Å². The lowest BCUT2D eigenvalue weighted by molar-refractivity contribution is -0.115. The van der Waals surface area contributed by atoms with Crippen molar-refractivity contribution in [3.63, 3.8) is 0 Å². The molecule has 0 unspecified atom stereocenters. The molecule has 2 aromatic heterocycles. The van der Waals surface area contributed by atoms with Crippen LogP contribution in [0.4, 0.5) is 10.1 Å². The summed E-state index contributed by atoms with van der Waals surface area (Å²) in [4.78, 5) is 17.4. The molecule has 4 aromatic rings. The molecule has 0 atom stereocenters. The normalized spacial score (nSPS) is 13.0. The predicted molar refractivity (Wildman–Crippen MR) is 100 cm³/mol. The number of nitrogens with zero attached hydrogens (tertiary/aromatic N) is 2. The van der Waals surface area contributed by atoms with E-state index in [1.807, 2.05) is 24.3 Å². The summed E-state index contributed by atoms with van der Waals surface area (Å²) < 4.78 is 19.5. The van der Waals surface area contributed by atoms with Gasteiger partial charge in [-0.3, -0.25) is 4.79 Å². The van der Waals surface area contributed by atoms with Crippen LogP contribution in [-0.4, -0.2) is 21.1 Å². The monoisotopic (exact) mass is 378 g/mol. The summed E-state index contributed by atoms with van der Waals surface area (Å²) >= 11 is 5.01. The van der Waals surface area contributed by atoms with Crippen LogP contribution in [-0.2, 0) is 11.2 Å². The number of aromatic amines is 1. The number of nitrogens with one attached hydrogen (secondary N) is 2. The van der Waals surface area contributed by atoms with E-state index < -0.39 is 5.82 Å². The van der Waals surface area contributed by atoms with Gasteiger partial charge in [0, 0.05) is 16.5 Å². The minimum absolute atomic E-state index is 0.0495. The molecule has 3 heterocycles. The van der Waals surface area contributed by atoms with E-state index in [0.29, 0.717) is 33.6 Å². The zero-order valence-electron chi connectivity index (χ0n) is 13.7. The number of aromatic nitrogens is 3. The van der Waals surface area contributed by atoms with Crippen molar-refractivity contribution in [3.8, 4) is 22.7 Å². The smallest absolute Gasteiger partial charge is 0.284 e. The molecule has 1 amide bonds. The zero-order chi connectivity index (χ0) is 18.5. The molecule has 0 radical (unpaired) electrons. The molecule has 0 saturated carbocycles. The summed E-state index contributed by atoms with van der Waals surface area (Å²) in [6.07, 6.45) is 0.0495. The first-order valence-corrected chi connectivity index (χ1v) is 8.58. The van der Waals surface area contributed by atoms with E-state index in [2.05, 4.69) is 15.5 Å². The maximum atomic E-state index is 14.0. The molecule has 132 valence electrons. The number of anilines is 1. The Labute approximate surface area is 157 Å². The maximum absolute atomic E-state index is 14.0. The van der Waals surface area contributed by atoms with E-state index in [9.17, 15) is 9.18 Å². The van der Waals surface area contributed by atoms with Crippen LogP contribution in [0.3, 0.4) is 0 Å². The van der Waals surface area contributed by atoms with Gasteiger partial charge in [-0.1, -0.05) is 18.2 Å². The largest absolute Gasteiger partial charge is 0.409 e. The van der Waals surface area contributed by atoms with Gasteiger partial charge in [0.2, 0.25) is 11.8 Å². The summed E-state index contributed by atoms with van der Waals surface area (Å²) in [7, 11) is 0. The minimum Gasteiger partial charge on any atom is -0.409 e. The molecule has 0 spiro atoms. The third-order valence-corrected chi connectivity index (χ3v) is 4.67. The molecule has 27 heavy (non-hydrogen) atoms. The summed E-state index contributed by atoms with van der Waals surface area (Å²) in [5.41, 5.74) is 3.45. The van der Waals surface area contributed by atoms with Gasteiger partial charge >= 0.3 is 0 Å². The van der Waals surface area contributed by atoms with Crippen LogP contribution in [0.1, 0.15) is 5.56 Å². The molecular weight excluding hydrogens is 367 g/mol. The van der Waals surface area contributed by atoms with Gasteiger partial charge in [0.25, 0.3) is 4.84 Å². The van der Waals surface area contributed by atoms with Gasteiger partial charge in [0.15, 0.2) is 0 Å². The number of rotatable bonds is 1. The van der Waals surface area contributed by atoms with Gasteiger partial charge in [-0.25, -0.2) is 14.5 Å². The van der Waals surface area contributed by atoms with E-state index >= 15 is 0 Å². The highest BCUT2D eigenvalue weighted by atomic mass is 32.1. The number of hydrogen-bond acceptors (Lipinski definition) is 5. The minimum atomic E-state index is -0.412. The van der Waals surface area contributed by atoms with E-state index in [1.54, 1.807) is 0 Å². The first-order valence-electron chi connectivity index (χ1n) is 8.17. The molecule has 0 saturated heterocycles. The molecule has 5 rings (SSSR count). The molecular formula is C19H11FN4O2S. The standard InChI is InChI=1S/C19H11FN4O2S/c20-9-5-6-14-11(7-9)17-12(8-15(25)21-14)16(18-23-24-19(27)26-18)10-3-1-2-4-13(10)22-17/h1-7H,8H2,(H,21,25)(H,24,27). The molecule has 0 bridgehead atoms.